The molecule has 0 heterocycles. The van der Waals surface area contributed by atoms with E-state index in [0.29, 0.717) is 11.2 Å². The van der Waals surface area contributed by atoms with Crippen molar-refractivity contribution < 1.29 is 4.79 Å². The lowest BCUT2D eigenvalue weighted by Crippen LogP contribution is -2.47. The Labute approximate surface area is 122 Å². The number of allylic oxidation sites excluding steroid dienone is 1. The summed E-state index contributed by atoms with van der Waals surface area (Å²) in [7, 11) is 0. The van der Waals surface area contributed by atoms with Crippen molar-refractivity contribution in [1.82, 2.24) is 0 Å². The number of hydrogen-bond donors (Lipinski definition) is 0. The molecule has 6 atom stereocenters. The molecule has 0 saturated heterocycles. The molecule has 4 fully saturated rings. The minimum absolute atomic E-state index is 0.380. The van der Waals surface area contributed by atoms with Gasteiger partial charge in [0, 0.05) is 6.42 Å². The second-order valence-corrected chi connectivity index (χ2v) is 8.72. The molecule has 0 aromatic carbocycles. The molecular weight excluding hydrogens is 244 g/mol. The van der Waals surface area contributed by atoms with Crippen LogP contribution in [0.25, 0.3) is 0 Å². The fourth-order valence-corrected chi connectivity index (χ4v) is 7.23. The van der Waals surface area contributed by atoms with Crippen molar-refractivity contribution in [3.8, 4) is 0 Å². The summed E-state index contributed by atoms with van der Waals surface area (Å²) in [6.07, 6.45) is 14.2. The van der Waals surface area contributed by atoms with Crippen molar-refractivity contribution >= 4 is 5.78 Å². The van der Waals surface area contributed by atoms with Crippen LogP contribution in [-0.2, 0) is 4.79 Å². The maximum Gasteiger partial charge on any atom is 0.155 e. The van der Waals surface area contributed by atoms with Gasteiger partial charge >= 0.3 is 0 Å². The number of rotatable bonds is 0. The molecule has 108 valence electrons. The summed E-state index contributed by atoms with van der Waals surface area (Å²) in [5, 5.41) is 0. The first-order chi connectivity index (χ1) is 9.63. The van der Waals surface area contributed by atoms with Crippen molar-refractivity contribution in [2.45, 2.75) is 64.7 Å². The molecule has 5 aliphatic carbocycles. The zero-order chi connectivity index (χ0) is 13.5. The van der Waals surface area contributed by atoms with E-state index in [1.54, 1.807) is 6.42 Å². The Morgan fingerprint density at radius 2 is 1.95 bits per heavy atom. The summed E-state index contributed by atoms with van der Waals surface area (Å²) in [4.78, 5) is 11.8. The fraction of sp³-hybridized carbons (Fsp3) is 0.842. The van der Waals surface area contributed by atoms with Gasteiger partial charge in [-0.15, -0.1) is 0 Å². The van der Waals surface area contributed by atoms with E-state index >= 15 is 0 Å². The van der Waals surface area contributed by atoms with Gasteiger partial charge in [0.25, 0.3) is 0 Å². The second kappa shape index (κ2) is 3.59. The second-order valence-electron chi connectivity index (χ2n) is 8.72. The van der Waals surface area contributed by atoms with E-state index in [2.05, 4.69) is 6.92 Å². The molecule has 1 heteroatoms. The van der Waals surface area contributed by atoms with Crippen LogP contribution in [0.4, 0.5) is 0 Å². The van der Waals surface area contributed by atoms with E-state index < -0.39 is 0 Å². The van der Waals surface area contributed by atoms with Crippen molar-refractivity contribution in [3.63, 3.8) is 0 Å². The Kier molecular flexibility index (Phi) is 2.16. The van der Waals surface area contributed by atoms with E-state index in [4.69, 9.17) is 0 Å². The largest absolute Gasteiger partial charge is 0.295 e. The third kappa shape index (κ3) is 1.28. The molecule has 1 nitrogen and oxygen atoms in total. The third-order valence-electron chi connectivity index (χ3n) is 8.32. The van der Waals surface area contributed by atoms with Crippen LogP contribution in [0.3, 0.4) is 0 Å². The lowest BCUT2D eigenvalue weighted by Gasteiger charge is -2.55. The maximum absolute atomic E-state index is 11.8. The Morgan fingerprint density at radius 3 is 2.80 bits per heavy atom. The van der Waals surface area contributed by atoms with E-state index in [9.17, 15) is 4.79 Å². The van der Waals surface area contributed by atoms with Crippen LogP contribution in [0.5, 0.6) is 0 Å². The molecule has 0 N–H and O–H groups in total. The summed E-state index contributed by atoms with van der Waals surface area (Å²) >= 11 is 0. The van der Waals surface area contributed by atoms with Gasteiger partial charge in [-0.2, -0.15) is 0 Å². The Bertz CT molecular complexity index is 518. The number of hydrogen-bond acceptors (Lipinski definition) is 1. The standard InChI is InChI=1S/C19H26O/c1-18-8-6-14(20)10-12(18)2-4-15-16(18)7-9-19-11-13(19)3-5-17(15)19/h10,13,15-17H,2-9,11H2,1H3/t13?,15?,16?,17?,18-,19-/m0/s1. The Morgan fingerprint density at radius 1 is 1.05 bits per heavy atom. The lowest BCUT2D eigenvalue weighted by molar-refractivity contribution is -0.117. The SMILES string of the molecule is C[C@]12CCC(=O)C=C1CCC1C3CCC4C[C@@]43CCC12. The van der Waals surface area contributed by atoms with Crippen molar-refractivity contribution in [1.29, 1.82) is 0 Å². The molecule has 5 aliphatic rings. The summed E-state index contributed by atoms with van der Waals surface area (Å²) in [5.41, 5.74) is 2.73. The minimum atomic E-state index is 0.380. The van der Waals surface area contributed by atoms with Crippen LogP contribution in [-0.4, -0.2) is 5.78 Å². The third-order valence-corrected chi connectivity index (χ3v) is 8.32. The first-order valence-electron chi connectivity index (χ1n) is 8.87. The topological polar surface area (TPSA) is 17.1 Å². The molecule has 0 bridgehead atoms. The van der Waals surface area contributed by atoms with Crippen LogP contribution >= 0.6 is 0 Å². The zero-order valence-corrected chi connectivity index (χ0v) is 12.7. The molecular formula is C19H26O. The van der Waals surface area contributed by atoms with E-state index in [-0.39, 0.29) is 0 Å². The zero-order valence-electron chi connectivity index (χ0n) is 12.7. The first-order valence-corrected chi connectivity index (χ1v) is 8.87. The monoisotopic (exact) mass is 270 g/mol. The quantitative estimate of drug-likeness (QED) is 0.632. The van der Waals surface area contributed by atoms with Gasteiger partial charge in [0.05, 0.1) is 0 Å². The maximum atomic E-state index is 11.8. The van der Waals surface area contributed by atoms with Gasteiger partial charge in [-0.3, -0.25) is 4.79 Å². The number of ketones is 1. The van der Waals surface area contributed by atoms with Gasteiger partial charge in [-0.05, 0) is 91.9 Å². The van der Waals surface area contributed by atoms with Gasteiger partial charge in [-0.25, -0.2) is 0 Å². The number of carbonyl (C=O) groups is 1. The predicted octanol–water partition coefficient (Wildman–Crippen LogP) is 4.52. The van der Waals surface area contributed by atoms with Crippen LogP contribution < -0.4 is 0 Å². The molecule has 0 radical (unpaired) electrons. The first kappa shape index (κ1) is 12.0. The molecule has 0 aromatic rings. The fourth-order valence-electron chi connectivity index (χ4n) is 7.23. The Balaban J connectivity index is 1.52. The van der Waals surface area contributed by atoms with Crippen molar-refractivity contribution in [2.75, 3.05) is 0 Å². The van der Waals surface area contributed by atoms with Crippen LogP contribution in [0.2, 0.25) is 0 Å². The molecule has 20 heavy (non-hydrogen) atoms. The molecule has 1 spiro atoms. The highest BCUT2D eigenvalue weighted by Gasteiger charge is 2.67. The van der Waals surface area contributed by atoms with Gasteiger partial charge in [0.1, 0.15) is 0 Å². The van der Waals surface area contributed by atoms with Crippen molar-refractivity contribution in [2.24, 2.45) is 34.5 Å². The average molecular weight is 270 g/mol. The van der Waals surface area contributed by atoms with Crippen LogP contribution in [0, 0.1) is 34.5 Å². The normalized spacial score (nSPS) is 56.2. The molecule has 4 unspecified atom stereocenters. The minimum Gasteiger partial charge on any atom is -0.295 e. The molecule has 0 aromatic heterocycles. The lowest BCUT2D eigenvalue weighted by atomic mass is 9.49. The average Bonchev–Trinajstić information content (AvgIpc) is 3.01. The van der Waals surface area contributed by atoms with Gasteiger partial charge in [0.15, 0.2) is 5.78 Å². The molecule has 4 saturated carbocycles. The highest BCUT2D eigenvalue weighted by Crippen LogP contribution is 2.76. The molecule has 0 aliphatic heterocycles. The van der Waals surface area contributed by atoms with E-state index in [1.165, 1.54) is 44.1 Å². The molecule has 5 rings (SSSR count). The van der Waals surface area contributed by atoms with E-state index in [1.807, 2.05) is 6.08 Å². The van der Waals surface area contributed by atoms with E-state index in [0.717, 1.165) is 41.9 Å². The van der Waals surface area contributed by atoms with Crippen LogP contribution in [0.1, 0.15) is 64.7 Å². The predicted molar refractivity (Wildman–Crippen MR) is 79.1 cm³/mol. The van der Waals surface area contributed by atoms with Gasteiger partial charge in [-0.1, -0.05) is 12.5 Å². The Hall–Kier alpha value is -0.590. The molecule has 0 amide bonds. The highest BCUT2D eigenvalue weighted by atomic mass is 16.1. The summed E-state index contributed by atoms with van der Waals surface area (Å²) in [5.74, 6) is 4.46. The smallest absolute Gasteiger partial charge is 0.155 e. The summed E-state index contributed by atoms with van der Waals surface area (Å²) < 4.78 is 0. The van der Waals surface area contributed by atoms with Gasteiger partial charge in [0.2, 0.25) is 0 Å². The summed E-state index contributed by atoms with van der Waals surface area (Å²) in [6, 6.07) is 0. The number of fused-ring (bicyclic) bond motifs is 4. The van der Waals surface area contributed by atoms with Crippen LogP contribution in [0.15, 0.2) is 11.6 Å². The van der Waals surface area contributed by atoms with Gasteiger partial charge < -0.3 is 0 Å². The highest BCUT2D eigenvalue weighted by molar-refractivity contribution is 5.91. The number of carbonyl (C=O) groups excluding carboxylic acids is 1. The van der Waals surface area contributed by atoms with Crippen molar-refractivity contribution in [3.05, 3.63) is 11.6 Å². The summed E-state index contributed by atoms with van der Waals surface area (Å²) in [6.45, 7) is 2.50.